The van der Waals surface area contributed by atoms with Crippen LogP contribution < -0.4 is 21.8 Å². The van der Waals surface area contributed by atoms with Gasteiger partial charge in [0.05, 0.1) is 5.69 Å². The Morgan fingerprint density at radius 2 is 2.07 bits per heavy atom. The van der Waals surface area contributed by atoms with Gasteiger partial charge in [0.1, 0.15) is 0 Å². The molecule has 84 valence electrons. The maximum Gasteiger partial charge on any atom is 0.573 e. The van der Waals surface area contributed by atoms with Gasteiger partial charge in [-0.25, -0.2) is 0 Å². The van der Waals surface area contributed by atoms with Crippen molar-refractivity contribution in [3.05, 3.63) is 22.1 Å². The van der Waals surface area contributed by atoms with E-state index in [-0.39, 0.29) is 17.8 Å². The molecule has 1 aromatic rings. The molecule has 8 heteroatoms. The van der Waals surface area contributed by atoms with Gasteiger partial charge in [0.15, 0.2) is 0 Å². The fraction of sp³-hybridized carbons (Fsp3) is 0.286. The molecule has 0 spiro atoms. The van der Waals surface area contributed by atoms with Gasteiger partial charge in [0.25, 0.3) is 5.56 Å². The maximum absolute atomic E-state index is 11.9. The summed E-state index contributed by atoms with van der Waals surface area (Å²) < 4.78 is 39.3. The minimum atomic E-state index is -4.95. The van der Waals surface area contributed by atoms with Crippen molar-refractivity contribution in [1.29, 1.82) is 0 Å². The molecule has 0 saturated carbocycles. The Morgan fingerprint density at radius 3 is 2.53 bits per heavy atom. The maximum atomic E-state index is 11.9. The molecular weight excluding hydrogens is 215 g/mol. The predicted octanol–water partition coefficient (Wildman–Crippen LogP) is 0.314. The third-order valence-corrected chi connectivity index (χ3v) is 1.61. The first-order valence-electron chi connectivity index (χ1n) is 3.81. The molecular formula is C7H8F3N3O2. The summed E-state index contributed by atoms with van der Waals surface area (Å²) in [5.41, 5.74) is 9.23. The SMILES string of the molecule is NCc1c(N)c[nH]c(=O)c1OC(F)(F)F. The van der Waals surface area contributed by atoms with Crippen LogP contribution in [0.3, 0.4) is 0 Å². The number of nitrogen functional groups attached to an aromatic ring is 1. The van der Waals surface area contributed by atoms with Gasteiger partial charge in [0, 0.05) is 18.3 Å². The Balaban J connectivity index is 3.26. The summed E-state index contributed by atoms with van der Waals surface area (Å²) in [4.78, 5) is 13.0. The summed E-state index contributed by atoms with van der Waals surface area (Å²) in [6.07, 6.45) is -3.89. The van der Waals surface area contributed by atoms with E-state index < -0.39 is 17.7 Å². The van der Waals surface area contributed by atoms with Crippen molar-refractivity contribution in [3.8, 4) is 5.75 Å². The number of aromatic amines is 1. The zero-order valence-electron chi connectivity index (χ0n) is 7.39. The highest BCUT2D eigenvalue weighted by Crippen LogP contribution is 2.25. The second kappa shape index (κ2) is 3.81. The number of aromatic nitrogens is 1. The normalized spacial score (nSPS) is 11.5. The largest absolute Gasteiger partial charge is 0.573 e. The quantitative estimate of drug-likeness (QED) is 0.672. The molecule has 5 nitrogen and oxygen atoms in total. The van der Waals surface area contributed by atoms with Crippen molar-refractivity contribution >= 4 is 5.69 Å². The van der Waals surface area contributed by atoms with Crippen molar-refractivity contribution in [2.24, 2.45) is 5.73 Å². The molecule has 5 N–H and O–H groups in total. The molecule has 1 rings (SSSR count). The molecule has 1 aromatic heterocycles. The van der Waals surface area contributed by atoms with Crippen LogP contribution in [-0.4, -0.2) is 11.3 Å². The first kappa shape index (κ1) is 11.4. The van der Waals surface area contributed by atoms with Gasteiger partial charge in [0.2, 0.25) is 5.75 Å². The second-order valence-electron chi connectivity index (χ2n) is 2.63. The Bertz CT molecular complexity index is 413. The van der Waals surface area contributed by atoms with E-state index in [9.17, 15) is 18.0 Å². The van der Waals surface area contributed by atoms with Gasteiger partial charge >= 0.3 is 6.36 Å². The minimum Gasteiger partial charge on any atom is -0.399 e. The number of ether oxygens (including phenoxy) is 1. The van der Waals surface area contributed by atoms with E-state index >= 15 is 0 Å². The molecule has 0 bridgehead atoms. The average molecular weight is 223 g/mol. The molecule has 0 unspecified atom stereocenters. The van der Waals surface area contributed by atoms with Crippen LogP contribution in [0.15, 0.2) is 11.0 Å². The Hall–Kier alpha value is -1.70. The highest BCUT2D eigenvalue weighted by molar-refractivity contribution is 5.51. The lowest BCUT2D eigenvalue weighted by atomic mass is 10.2. The number of pyridine rings is 1. The number of nitrogens with one attached hydrogen (secondary N) is 1. The van der Waals surface area contributed by atoms with E-state index in [1.165, 1.54) is 0 Å². The smallest absolute Gasteiger partial charge is 0.399 e. The number of anilines is 1. The standard InChI is InChI=1S/C7H8F3N3O2/c8-7(9,10)15-5-3(1-11)4(12)2-13-6(5)14/h2H,1,11-12H2,(H,13,14). The average Bonchev–Trinajstić information content (AvgIpc) is 2.10. The molecule has 0 aliphatic rings. The molecule has 0 aliphatic carbocycles. The molecule has 0 amide bonds. The lowest BCUT2D eigenvalue weighted by Crippen LogP contribution is -2.25. The van der Waals surface area contributed by atoms with E-state index in [0.717, 1.165) is 6.20 Å². The summed E-state index contributed by atoms with van der Waals surface area (Å²) in [6, 6.07) is 0. The summed E-state index contributed by atoms with van der Waals surface area (Å²) in [7, 11) is 0. The van der Waals surface area contributed by atoms with Crippen molar-refractivity contribution in [3.63, 3.8) is 0 Å². The van der Waals surface area contributed by atoms with E-state index in [2.05, 4.69) is 4.74 Å². The fourth-order valence-electron chi connectivity index (χ4n) is 0.998. The van der Waals surface area contributed by atoms with Crippen LogP contribution in [0, 0.1) is 0 Å². The van der Waals surface area contributed by atoms with Gasteiger partial charge in [-0.05, 0) is 0 Å². The van der Waals surface area contributed by atoms with Gasteiger partial charge in [-0.15, -0.1) is 13.2 Å². The lowest BCUT2D eigenvalue weighted by Gasteiger charge is -2.12. The molecule has 0 saturated heterocycles. The van der Waals surface area contributed by atoms with Crippen LogP contribution in [0.4, 0.5) is 18.9 Å². The number of hydrogen-bond donors (Lipinski definition) is 3. The summed E-state index contributed by atoms with van der Waals surface area (Å²) >= 11 is 0. The third kappa shape index (κ3) is 2.62. The van der Waals surface area contributed by atoms with E-state index in [0.29, 0.717) is 0 Å². The van der Waals surface area contributed by atoms with Gasteiger partial charge < -0.3 is 21.2 Å². The van der Waals surface area contributed by atoms with Crippen LogP contribution in [0.1, 0.15) is 5.56 Å². The van der Waals surface area contributed by atoms with Crippen molar-refractivity contribution in [2.45, 2.75) is 12.9 Å². The van der Waals surface area contributed by atoms with Crippen molar-refractivity contribution < 1.29 is 17.9 Å². The monoisotopic (exact) mass is 223 g/mol. The van der Waals surface area contributed by atoms with Gasteiger partial charge in [-0.1, -0.05) is 0 Å². The van der Waals surface area contributed by atoms with Crippen LogP contribution in [-0.2, 0) is 6.54 Å². The van der Waals surface area contributed by atoms with E-state index in [4.69, 9.17) is 11.5 Å². The highest BCUT2D eigenvalue weighted by Gasteiger charge is 2.33. The molecule has 0 aromatic carbocycles. The molecule has 0 radical (unpaired) electrons. The lowest BCUT2D eigenvalue weighted by molar-refractivity contribution is -0.275. The summed E-state index contributed by atoms with van der Waals surface area (Å²) in [5, 5.41) is 0. The number of hydrogen-bond acceptors (Lipinski definition) is 4. The predicted molar refractivity (Wildman–Crippen MR) is 46.0 cm³/mol. The fourth-order valence-corrected chi connectivity index (χ4v) is 0.998. The molecule has 0 atom stereocenters. The summed E-state index contributed by atoms with van der Waals surface area (Å²) in [5.74, 6) is -0.912. The number of alkyl halides is 3. The van der Waals surface area contributed by atoms with Crippen LogP contribution in [0.25, 0.3) is 0 Å². The Kier molecular flexibility index (Phi) is 2.89. The highest BCUT2D eigenvalue weighted by atomic mass is 19.4. The zero-order valence-corrected chi connectivity index (χ0v) is 7.39. The third-order valence-electron chi connectivity index (χ3n) is 1.61. The van der Waals surface area contributed by atoms with Crippen LogP contribution in [0.2, 0.25) is 0 Å². The molecule has 15 heavy (non-hydrogen) atoms. The molecule has 1 heterocycles. The minimum absolute atomic E-state index is 0.0589. The first-order valence-corrected chi connectivity index (χ1v) is 3.81. The van der Waals surface area contributed by atoms with E-state index in [1.54, 1.807) is 0 Å². The van der Waals surface area contributed by atoms with Crippen molar-refractivity contribution in [2.75, 3.05) is 5.73 Å². The van der Waals surface area contributed by atoms with Gasteiger partial charge in [-0.3, -0.25) is 4.79 Å². The van der Waals surface area contributed by atoms with Crippen LogP contribution >= 0.6 is 0 Å². The number of nitrogens with two attached hydrogens (primary N) is 2. The van der Waals surface area contributed by atoms with Gasteiger partial charge in [-0.2, -0.15) is 0 Å². The second-order valence-corrected chi connectivity index (χ2v) is 2.63. The summed E-state index contributed by atoms with van der Waals surface area (Å²) in [6.45, 7) is -0.318. The Morgan fingerprint density at radius 1 is 1.47 bits per heavy atom. The topological polar surface area (TPSA) is 94.1 Å². The van der Waals surface area contributed by atoms with Crippen LogP contribution in [0.5, 0.6) is 5.75 Å². The molecule has 0 fully saturated rings. The van der Waals surface area contributed by atoms with Crippen molar-refractivity contribution in [1.82, 2.24) is 4.98 Å². The van der Waals surface area contributed by atoms with E-state index in [1.807, 2.05) is 4.98 Å². The molecule has 0 aliphatic heterocycles. The zero-order chi connectivity index (χ0) is 11.6. The number of H-pyrrole nitrogens is 1. The number of halogens is 3. The number of rotatable bonds is 2. The first-order chi connectivity index (χ1) is 6.85. The Labute approximate surface area is 81.8 Å².